The van der Waals surface area contributed by atoms with Crippen LogP contribution >= 0.6 is 0 Å². The summed E-state index contributed by atoms with van der Waals surface area (Å²) in [5.74, 6) is -0.625. The van der Waals surface area contributed by atoms with Gasteiger partial charge in [0.25, 0.3) is 0 Å². The molecule has 0 aliphatic rings. The van der Waals surface area contributed by atoms with Gasteiger partial charge in [0.15, 0.2) is 0 Å². The molecule has 0 aliphatic heterocycles. The lowest BCUT2D eigenvalue weighted by atomic mass is 10.1. The first kappa shape index (κ1) is 22.7. The molecule has 1 N–H and O–H groups in total. The summed E-state index contributed by atoms with van der Waals surface area (Å²) in [6.45, 7) is 3.14. The summed E-state index contributed by atoms with van der Waals surface area (Å²) in [7, 11) is -3.98. The van der Waals surface area contributed by atoms with Crippen LogP contribution in [0.5, 0.6) is 0 Å². The molecule has 0 heterocycles. The van der Waals surface area contributed by atoms with Crippen molar-refractivity contribution in [1.82, 2.24) is 5.32 Å². The average Bonchev–Trinajstić information content (AvgIpc) is 2.64. The van der Waals surface area contributed by atoms with Crippen LogP contribution in [0, 0.1) is 0 Å². The molecule has 1 amide bonds. The van der Waals surface area contributed by atoms with Gasteiger partial charge in [0, 0.05) is 0 Å². The van der Waals surface area contributed by atoms with E-state index >= 15 is 0 Å². The number of hydrogen-bond donors (Lipinski definition) is 1. The van der Waals surface area contributed by atoms with Crippen LogP contribution in [0.3, 0.4) is 0 Å². The molecule has 1 atom stereocenters. The number of rotatable bonds is 7. The number of alkyl halides is 3. The van der Waals surface area contributed by atoms with E-state index in [0.717, 1.165) is 35.9 Å². The minimum atomic E-state index is -4.62. The van der Waals surface area contributed by atoms with E-state index in [-0.39, 0.29) is 5.69 Å². The highest BCUT2D eigenvalue weighted by Crippen LogP contribution is 2.32. The minimum absolute atomic E-state index is 0.225. The van der Waals surface area contributed by atoms with Crippen molar-refractivity contribution in [3.63, 3.8) is 0 Å². The van der Waals surface area contributed by atoms with E-state index in [4.69, 9.17) is 0 Å². The highest BCUT2D eigenvalue weighted by molar-refractivity contribution is 7.92. The van der Waals surface area contributed by atoms with Crippen LogP contribution < -0.4 is 9.62 Å². The SMILES string of the molecule is CCc1ccc([C@@H](C)NC(=O)CN(c2cccc(C(F)(F)F)c2)S(C)(=O)=O)cc1. The summed E-state index contributed by atoms with van der Waals surface area (Å²) < 4.78 is 63.8. The van der Waals surface area contributed by atoms with Crippen molar-refractivity contribution < 1.29 is 26.4 Å². The number of nitrogens with zero attached hydrogens (tertiary/aromatic N) is 1. The standard InChI is InChI=1S/C20H23F3N2O3S/c1-4-15-8-10-16(11-9-15)14(2)24-19(26)13-25(29(3,27)28)18-7-5-6-17(12-18)20(21,22)23/h5-12,14H,4,13H2,1-3H3,(H,24,26)/t14-/m1/s1. The molecule has 2 rings (SSSR count). The van der Waals surface area contributed by atoms with Gasteiger partial charge in [-0.1, -0.05) is 37.3 Å². The third kappa shape index (κ3) is 6.22. The number of hydrogen-bond acceptors (Lipinski definition) is 3. The van der Waals surface area contributed by atoms with Crippen LogP contribution in [0.15, 0.2) is 48.5 Å². The Bertz CT molecular complexity index is 958. The highest BCUT2D eigenvalue weighted by Gasteiger charge is 2.32. The van der Waals surface area contributed by atoms with Gasteiger partial charge in [0.2, 0.25) is 15.9 Å². The summed E-state index contributed by atoms with van der Waals surface area (Å²) >= 11 is 0. The molecular weight excluding hydrogens is 405 g/mol. The molecule has 0 aliphatic carbocycles. The van der Waals surface area contributed by atoms with Gasteiger partial charge in [-0.05, 0) is 42.7 Å². The Labute approximate surface area is 168 Å². The van der Waals surface area contributed by atoms with Crippen molar-refractivity contribution in [2.45, 2.75) is 32.5 Å². The molecule has 0 bridgehead atoms. The second-order valence-corrected chi connectivity index (χ2v) is 8.61. The third-order valence-corrected chi connectivity index (χ3v) is 5.56. The molecule has 9 heteroatoms. The first-order valence-electron chi connectivity index (χ1n) is 8.95. The molecule has 0 saturated heterocycles. The monoisotopic (exact) mass is 428 g/mol. The maximum atomic E-state index is 13.0. The van der Waals surface area contributed by atoms with Crippen molar-refractivity contribution in [3.05, 3.63) is 65.2 Å². The van der Waals surface area contributed by atoms with Gasteiger partial charge >= 0.3 is 6.18 Å². The number of amides is 1. The smallest absolute Gasteiger partial charge is 0.348 e. The van der Waals surface area contributed by atoms with Crippen molar-refractivity contribution in [3.8, 4) is 0 Å². The molecule has 2 aromatic carbocycles. The highest BCUT2D eigenvalue weighted by atomic mass is 32.2. The van der Waals surface area contributed by atoms with Crippen LogP contribution in [0.2, 0.25) is 0 Å². The molecule has 29 heavy (non-hydrogen) atoms. The van der Waals surface area contributed by atoms with E-state index in [1.807, 2.05) is 31.2 Å². The predicted molar refractivity (Wildman–Crippen MR) is 106 cm³/mol. The summed E-state index contributed by atoms with van der Waals surface area (Å²) in [5, 5.41) is 2.68. The van der Waals surface area contributed by atoms with E-state index in [1.54, 1.807) is 6.92 Å². The van der Waals surface area contributed by atoms with Gasteiger partial charge in [-0.15, -0.1) is 0 Å². The lowest BCUT2D eigenvalue weighted by molar-refractivity contribution is -0.137. The number of sulfonamides is 1. The lowest BCUT2D eigenvalue weighted by Crippen LogP contribution is -2.41. The van der Waals surface area contributed by atoms with E-state index in [0.29, 0.717) is 10.4 Å². The van der Waals surface area contributed by atoms with E-state index in [2.05, 4.69) is 5.32 Å². The Morgan fingerprint density at radius 3 is 2.28 bits per heavy atom. The Hall–Kier alpha value is -2.55. The molecule has 0 aromatic heterocycles. The van der Waals surface area contributed by atoms with Gasteiger partial charge in [-0.25, -0.2) is 8.42 Å². The molecule has 2 aromatic rings. The fourth-order valence-corrected chi connectivity index (χ4v) is 3.63. The Kier molecular flexibility index (Phi) is 6.94. The van der Waals surface area contributed by atoms with E-state index in [1.165, 1.54) is 6.07 Å². The third-order valence-electron chi connectivity index (χ3n) is 4.41. The first-order valence-corrected chi connectivity index (χ1v) is 10.8. The van der Waals surface area contributed by atoms with Crippen LogP contribution in [-0.2, 0) is 27.4 Å². The molecule has 0 radical (unpaired) electrons. The van der Waals surface area contributed by atoms with Gasteiger partial charge in [0.05, 0.1) is 23.5 Å². The van der Waals surface area contributed by atoms with Crippen molar-refractivity contribution in [1.29, 1.82) is 0 Å². The summed E-state index contributed by atoms with van der Waals surface area (Å²) in [4.78, 5) is 12.4. The molecule has 5 nitrogen and oxygen atoms in total. The summed E-state index contributed by atoms with van der Waals surface area (Å²) in [5.41, 5.74) is 0.756. The van der Waals surface area contributed by atoms with Crippen molar-refractivity contribution in [2.24, 2.45) is 0 Å². The molecule has 0 spiro atoms. The molecular formula is C20H23F3N2O3S. The van der Waals surface area contributed by atoms with Gasteiger partial charge < -0.3 is 5.32 Å². The number of benzene rings is 2. The molecule has 158 valence electrons. The molecule has 0 saturated carbocycles. The fourth-order valence-electron chi connectivity index (χ4n) is 2.78. The Balaban J connectivity index is 2.19. The fraction of sp³-hybridized carbons (Fsp3) is 0.350. The number of nitrogens with one attached hydrogen (secondary N) is 1. The van der Waals surface area contributed by atoms with Gasteiger partial charge in [-0.3, -0.25) is 9.10 Å². The topological polar surface area (TPSA) is 66.5 Å². The summed E-state index contributed by atoms with van der Waals surface area (Å²) in [6.07, 6.45) is -2.91. The Morgan fingerprint density at radius 2 is 1.76 bits per heavy atom. The number of carbonyl (C=O) groups is 1. The van der Waals surface area contributed by atoms with Gasteiger partial charge in [0.1, 0.15) is 6.54 Å². The summed E-state index contributed by atoms with van der Waals surface area (Å²) in [6, 6.07) is 11.1. The quantitative estimate of drug-likeness (QED) is 0.727. The average molecular weight is 428 g/mol. The number of aryl methyl sites for hydroxylation is 1. The largest absolute Gasteiger partial charge is 0.416 e. The number of halogens is 3. The predicted octanol–water partition coefficient (Wildman–Crippen LogP) is 3.91. The van der Waals surface area contributed by atoms with Crippen LogP contribution in [0.1, 0.15) is 36.6 Å². The van der Waals surface area contributed by atoms with Crippen LogP contribution in [0.4, 0.5) is 18.9 Å². The van der Waals surface area contributed by atoms with Crippen molar-refractivity contribution >= 4 is 21.6 Å². The lowest BCUT2D eigenvalue weighted by Gasteiger charge is -2.24. The minimum Gasteiger partial charge on any atom is -0.348 e. The second-order valence-electron chi connectivity index (χ2n) is 6.70. The zero-order valence-electron chi connectivity index (χ0n) is 16.3. The Morgan fingerprint density at radius 1 is 1.14 bits per heavy atom. The zero-order chi connectivity index (χ0) is 21.8. The zero-order valence-corrected chi connectivity index (χ0v) is 17.1. The molecule has 0 unspecified atom stereocenters. The van der Waals surface area contributed by atoms with Gasteiger partial charge in [-0.2, -0.15) is 13.2 Å². The maximum absolute atomic E-state index is 13.0. The number of carbonyl (C=O) groups excluding carboxylic acids is 1. The van der Waals surface area contributed by atoms with Crippen LogP contribution in [0.25, 0.3) is 0 Å². The number of anilines is 1. The van der Waals surface area contributed by atoms with E-state index < -0.39 is 40.3 Å². The first-order chi connectivity index (χ1) is 13.4. The molecule has 0 fully saturated rings. The van der Waals surface area contributed by atoms with Crippen LogP contribution in [-0.4, -0.2) is 27.1 Å². The normalized spacial score (nSPS) is 13.0. The van der Waals surface area contributed by atoms with Crippen molar-refractivity contribution in [2.75, 3.05) is 17.1 Å². The maximum Gasteiger partial charge on any atom is 0.416 e. The second kappa shape index (κ2) is 8.86. The van der Waals surface area contributed by atoms with E-state index in [9.17, 15) is 26.4 Å².